The molecule has 3 aromatic rings. The second kappa shape index (κ2) is 8.62. The Bertz CT molecular complexity index is 976. The van der Waals surface area contributed by atoms with Gasteiger partial charge in [-0.1, -0.05) is 42.5 Å². The van der Waals surface area contributed by atoms with Gasteiger partial charge in [-0.15, -0.1) is 0 Å². The van der Waals surface area contributed by atoms with Crippen LogP contribution in [0.3, 0.4) is 0 Å². The van der Waals surface area contributed by atoms with Gasteiger partial charge in [0.25, 0.3) is 0 Å². The molecule has 1 N–H and O–H groups in total. The minimum atomic E-state index is -0.218. The Kier molecular flexibility index (Phi) is 5.76. The van der Waals surface area contributed by atoms with Gasteiger partial charge in [0.1, 0.15) is 5.82 Å². The number of piperazine rings is 1. The summed E-state index contributed by atoms with van der Waals surface area (Å²) in [4.78, 5) is 17.0. The molecule has 1 aliphatic rings. The fraction of sp³-hybridized carbons (Fsp3) is 0.292. The van der Waals surface area contributed by atoms with Crippen molar-refractivity contribution in [3.8, 4) is 0 Å². The Balaban J connectivity index is 1.31. The number of halogens is 1. The number of hydrogen-bond donors (Lipinski definition) is 1. The van der Waals surface area contributed by atoms with Crippen LogP contribution in [0.5, 0.6) is 0 Å². The van der Waals surface area contributed by atoms with Crippen molar-refractivity contribution < 1.29 is 9.18 Å². The number of amides is 1. The van der Waals surface area contributed by atoms with Crippen molar-refractivity contribution in [2.75, 3.05) is 37.6 Å². The van der Waals surface area contributed by atoms with Gasteiger partial charge in [0.2, 0.25) is 5.91 Å². The van der Waals surface area contributed by atoms with Gasteiger partial charge in [0, 0.05) is 31.9 Å². The molecular weight excluding hydrogens is 365 g/mol. The maximum atomic E-state index is 13.1. The van der Waals surface area contributed by atoms with Gasteiger partial charge in [-0.2, -0.15) is 0 Å². The van der Waals surface area contributed by atoms with Gasteiger partial charge in [0.15, 0.2) is 0 Å². The third-order valence-corrected chi connectivity index (χ3v) is 5.60. The monoisotopic (exact) mass is 391 g/mol. The Hall–Kier alpha value is -2.92. The first-order valence-corrected chi connectivity index (χ1v) is 10.1. The maximum Gasteiger partial charge on any atom is 0.234 e. The molecule has 4 nitrogen and oxygen atoms in total. The van der Waals surface area contributed by atoms with E-state index in [0.717, 1.165) is 37.4 Å². The topological polar surface area (TPSA) is 35.6 Å². The van der Waals surface area contributed by atoms with Crippen LogP contribution in [-0.4, -0.2) is 43.5 Å². The SMILES string of the molecule is C[C@H](NC(=O)CN1CCN(c2ccc(F)cc2)CC1)c1cccc2ccccc12. The molecule has 0 spiro atoms. The highest BCUT2D eigenvalue weighted by Gasteiger charge is 2.20. The number of carbonyl (C=O) groups excluding carboxylic acids is 1. The molecule has 4 rings (SSSR count). The highest BCUT2D eigenvalue weighted by Crippen LogP contribution is 2.24. The van der Waals surface area contributed by atoms with Crippen LogP contribution >= 0.6 is 0 Å². The Morgan fingerprint density at radius 2 is 1.66 bits per heavy atom. The molecule has 1 atom stereocenters. The van der Waals surface area contributed by atoms with Crippen molar-refractivity contribution in [3.05, 3.63) is 78.1 Å². The van der Waals surface area contributed by atoms with E-state index >= 15 is 0 Å². The number of nitrogens with zero attached hydrogens (tertiary/aromatic N) is 2. The van der Waals surface area contributed by atoms with Crippen LogP contribution in [0.2, 0.25) is 0 Å². The molecular formula is C24H26FN3O. The Morgan fingerprint density at radius 1 is 0.966 bits per heavy atom. The van der Waals surface area contributed by atoms with Gasteiger partial charge in [-0.05, 0) is 47.5 Å². The Morgan fingerprint density at radius 3 is 2.41 bits per heavy atom. The normalized spacial score (nSPS) is 16.0. The summed E-state index contributed by atoms with van der Waals surface area (Å²) in [6.45, 7) is 5.72. The number of fused-ring (bicyclic) bond motifs is 1. The van der Waals surface area contributed by atoms with E-state index in [9.17, 15) is 9.18 Å². The predicted molar refractivity (Wildman–Crippen MR) is 116 cm³/mol. The summed E-state index contributed by atoms with van der Waals surface area (Å²) in [5.41, 5.74) is 2.16. The summed E-state index contributed by atoms with van der Waals surface area (Å²) in [6.07, 6.45) is 0. The van der Waals surface area contributed by atoms with Gasteiger partial charge >= 0.3 is 0 Å². The molecule has 0 bridgehead atoms. The number of anilines is 1. The number of carbonyl (C=O) groups is 1. The number of rotatable bonds is 5. The van der Waals surface area contributed by atoms with Crippen LogP contribution in [0.25, 0.3) is 10.8 Å². The zero-order chi connectivity index (χ0) is 20.2. The quantitative estimate of drug-likeness (QED) is 0.715. The van der Waals surface area contributed by atoms with E-state index in [1.54, 1.807) is 0 Å². The highest BCUT2D eigenvalue weighted by atomic mass is 19.1. The zero-order valence-electron chi connectivity index (χ0n) is 16.6. The van der Waals surface area contributed by atoms with Crippen LogP contribution in [0.15, 0.2) is 66.7 Å². The lowest BCUT2D eigenvalue weighted by atomic mass is 10.00. The van der Waals surface area contributed by atoms with Crippen molar-refractivity contribution in [2.24, 2.45) is 0 Å². The van der Waals surface area contributed by atoms with Crippen LogP contribution in [-0.2, 0) is 4.79 Å². The molecule has 1 fully saturated rings. The lowest BCUT2D eigenvalue weighted by Gasteiger charge is -2.35. The van der Waals surface area contributed by atoms with E-state index in [1.807, 2.05) is 37.3 Å². The molecule has 5 heteroatoms. The number of nitrogens with one attached hydrogen (secondary N) is 1. The smallest absolute Gasteiger partial charge is 0.234 e. The van der Waals surface area contributed by atoms with Crippen molar-refractivity contribution in [1.82, 2.24) is 10.2 Å². The molecule has 0 aliphatic carbocycles. The molecule has 3 aromatic carbocycles. The van der Waals surface area contributed by atoms with Gasteiger partial charge in [-0.25, -0.2) is 4.39 Å². The minimum absolute atomic E-state index is 0.0423. The van der Waals surface area contributed by atoms with E-state index in [-0.39, 0.29) is 17.8 Å². The summed E-state index contributed by atoms with van der Waals surface area (Å²) in [7, 11) is 0. The first kappa shape index (κ1) is 19.4. The molecule has 0 radical (unpaired) electrons. The molecule has 29 heavy (non-hydrogen) atoms. The van der Waals surface area contributed by atoms with E-state index in [4.69, 9.17) is 0 Å². The summed E-state index contributed by atoms with van der Waals surface area (Å²) in [5, 5.41) is 5.51. The first-order chi connectivity index (χ1) is 14.1. The van der Waals surface area contributed by atoms with Gasteiger partial charge in [0.05, 0.1) is 12.6 Å². The van der Waals surface area contributed by atoms with Crippen LogP contribution in [0, 0.1) is 5.82 Å². The summed E-state index contributed by atoms with van der Waals surface area (Å²) in [5.74, 6) is -0.176. The third-order valence-electron chi connectivity index (χ3n) is 5.60. The van der Waals surface area contributed by atoms with Gasteiger partial charge in [-0.3, -0.25) is 9.69 Å². The molecule has 0 aromatic heterocycles. The zero-order valence-corrected chi connectivity index (χ0v) is 16.6. The first-order valence-electron chi connectivity index (χ1n) is 10.1. The summed E-state index contributed by atoms with van der Waals surface area (Å²) in [6, 6.07) is 21.0. The fourth-order valence-electron chi connectivity index (χ4n) is 4.01. The molecule has 0 saturated carbocycles. The molecule has 1 heterocycles. The van der Waals surface area contributed by atoms with Gasteiger partial charge < -0.3 is 10.2 Å². The van der Waals surface area contributed by atoms with Crippen molar-refractivity contribution in [2.45, 2.75) is 13.0 Å². The van der Waals surface area contributed by atoms with Crippen molar-refractivity contribution >= 4 is 22.4 Å². The number of hydrogen-bond acceptors (Lipinski definition) is 3. The Labute approximate surface area is 170 Å². The largest absolute Gasteiger partial charge is 0.369 e. The molecule has 1 amide bonds. The molecule has 0 unspecified atom stereocenters. The standard InChI is InChI=1S/C24H26FN3O/c1-18(22-8-4-6-19-5-2-3-7-23(19)22)26-24(29)17-27-13-15-28(16-14-27)21-11-9-20(25)10-12-21/h2-12,18H,13-17H2,1H3,(H,26,29)/t18-/m0/s1. The fourth-order valence-corrected chi connectivity index (χ4v) is 4.01. The third kappa shape index (κ3) is 4.57. The average Bonchev–Trinajstić information content (AvgIpc) is 2.74. The molecule has 150 valence electrons. The number of benzene rings is 3. The van der Waals surface area contributed by atoms with E-state index in [2.05, 4.69) is 39.4 Å². The van der Waals surface area contributed by atoms with Crippen LogP contribution in [0.4, 0.5) is 10.1 Å². The van der Waals surface area contributed by atoms with Crippen LogP contribution in [0.1, 0.15) is 18.5 Å². The average molecular weight is 391 g/mol. The molecule has 1 aliphatic heterocycles. The second-order valence-electron chi connectivity index (χ2n) is 7.60. The second-order valence-corrected chi connectivity index (χ2v) is 7.60. The lowest BCUT2D eigenvalue weighted by Crippen LogP contribution is -2.49. The minimum Gasteiger partial charge on any atom is -0.369 e. The van der Waals surface area contributed by atoms with E-state index in [1.165, 1.54) is 22.9 Å². The summed E-state index contributed by atoms with van der Waals surface area (Å²) >= 11 is 0. The lowest BCUT2D eigenvalue weighted by molar-refractivity contribution is -0.123. The predicted octanol–water partition coefficient (Wildman–Crippen LogP) is 3.98. The summed E-state index contributed by atoms with van der Waals surface area (Å²) < 4.78 is 13.1. The van der Waals surface area contributed by atoms with Crippen LogP contribution < -0.4 is 10.2 Å². The molecule has 1 saturated heterocycles. The van der Waals surface area contributed by atoms with E-state index in [0.29, 0.717) is 6.54 Å². The van der Waals surface area contributed by atoms with Crippen molar-refractivity contribution in [3.63, 3.8) is 0 Å². The highest BCUT2D eigenvalue weighted by molar-refractivity contribution is 5.87. The maximum absolute atomic E-state index is 13.1. The van der Waals surface area contributed by atoms with Crippen molar-refractivity contribution in [1.29, 1.82) is 0 Å². The van der Waals surface area contributed by atoms with E-state index < -0.39 is 0 Å².